The lowest BCUT2D eigenvalue weighted by molar-refractivity contribution is 0.489. The van der Waals surface area contributed by atoms with Crippen LogP contribution in [0.2, 0.25) is 0 Å². The van der Waals surface area contributed by atoms with Crippen molar-refractivity contribution in [2.75, 3.05) is 12.3 Å². The summed E-state index contributed by atoms with van der Waals surface area (Å²) in [6.07, 6.45) is 16.3. The van der Waals surface area contributed by atoms with Gasteiger partial charge in [-0.3, -0.25) is 9.97 Å². The molecular formula is C29H31N9. The van der Waals surface area contributed by atoms with Crippen LogP contribution in [0.4, 0.5) is 5.69 Å². The van der Waals surface area contributed by atoms with Crippen molar-refractivity contribution in [3.05, 3.63) is 84.7 Å². The summed E-state index contributed by atoms with van der Waals surface area (Å²) >= 11 is 0. The first-order valence-electron chi connectivity index (χ1n) is 13.0. The van der Waals surface area contributed by atoms with E-state index >= 15 is 0 Å². The van der Waals surface area contributed by atoms with Crippen LogP contribution >= 0.6 is 0 Å². The van der Waals surface area contributed by atoms with Crippen LogP contribution in [0.25, 0.3) is 33.7 Å². The third kappa shape index (κ3) is 4.80. The van der Waals surface area contributed by atoms with E-state index in [2.05, 4.69) is 42.9 Å². The highest BCUT2D eigenvalue weighted by Gasteiger charge is 2.17. The Kier molecular flexibility index (Phi) is 6.43. The van der Waals surface area contributed by atoms with E-state index in [1.54, 1.807) is 18.7 Å². The number of imidazole rings is 2. The molecule has 38 heavy (non-hydrogen) atoms. The van der Waals surface area contributed by atoms with Gasteiger partial charge < -0.3 is 20.6 Å². The second kappa shape index (κ2) is 10.2. The highest BCUT2D eigenvalue weighted by atomic mass is 15.1. The Morgan fingerprint density at radius 1 is 1.16 bits per heavy atom. The molecule has 1 saturated carbocycles. The van der Waals surface area contributed by atoms with E-state index < -0.39 is 0 Å². The molecule has 0 atom stereocenters. The van der Waals surface area contributed by atoms with Gasteiger partial charge in [0.05, 0.1) is 35.3 Å². The first kappa shape index (κ1) is 24.0. The highest BCUT2D eigenvalue weighted by molar-refractivity contribution is 5.88. The first-order valence-corrected chi connectivity index (χ1v) is 13.0. The molecule has 1 aliphatic carbocycles. The van der Waals surface area contributed by atoms with Crippen LogP contribution in [-0.2, 0) is 6.54 Å². The number of aromatic nitrogens is 7. The zero-order chi connectivity index (χ0) is 26.1. The number of hydrogen-bond acceptors (Lipinski definition) is 7. The third-order valence-electron chi connectivity index (χ3n) is 7.23. The predicted octanol–water partition coefficient (Wildman–Crippen LogP) is 4.83. The number of H-pyrrole nitrogens is 1. The molecule has 0 radical (unpaired) electrons. The van der Waals surface area contributed by atoms with Crippen molar-refractivity contribution in [2.24, 2.45) is 5.92 Å². The lowest BCUT2D eigenvalue weighted by Gasteiger charge is -2.12. The summed E-state index contributed by atoms with van der Waals surface area (Å²) in [6.45, 7) is 8.12. The van der Waals surface area contributed by atoms with Gasteiger partial charge in [0.1, 0.15) is 11.3 Å². The molecule has 5 aromatic rings. The summed E-state index contributed by atoms with van der Waals surface area (Å²) in [6, 6.07) is 6.01. The number of nitrogen functional groups attached to an aromatic ring is 1. The number of anilines is 1. The van der Waals surface area contributed by atoms with Gasteiger partial charge >= 0.3 is 0 Å². The normalized spacial score (nSPS) is 13.9. The molecule has 5 heterocycles. The molecule has 0 aromatic carbocycles. The zero-order valence-corrected chi connectivity index (χ0v) is 21.5. The second-order valence-electron chi connectivity index (χ2n) is 10.0. The third-order valence-corrected chi connectivity index (χ3v) is 7.23. The molecule has 0 bridgehead atoms. The minimum Gasteiger partial charge on any atom is -0.397 e. The number of aryl methyl sites for hydroxylation is 1. The maximum absolute atomic E-state index is 6.36. The average Bonchev–Trinajstić information content (AvgIpc) is 3.70. The Hall–Kier alpha value is -4.37. The molecular weight excluding hydrogens is 474 g/mol. The van der Waals surface area contributed by atoms with Gasteiger partial charge in [0, 0.05) is 48.0 Å². The van der Waals surface area contributed by atoms with Crippen molar-refractivity contribution >= 4 is 22.4 Å². The van der Waals surface area contributed by atoms with Gasteiger partial charge in [-0.2, -0.15) is 0 Å². The molecule has 6 rings (SSSR count). The Morgan fingerprint density at radius 3 is 2.84 bits per heavy atom. The van der Waals surface area contributed by atoms with E-state index in [1.807, 2.05) is 42.2 Å². The molecule has 0 aliphatic heterocycles. The molecule has 9 heteroatoms. The average molecular weight is 506 g/mol. The van der Waals surface area contributed by atoms with Gasteiger partial charge in [0.15, 0.2) is 5.65 Å². The number of hydrogen-bond donors (Lipinski definition) is 3. The van der Waals surface area contributed by atoms with Crippen LogP contribution < -0.4 is 11.1 Å². The van der Waals surface area contributed by atoms with E-state index in [0.29, 0.717) is 22.7 Å². The van der Waals surface area contributed by atoms with Crippen molar-refractivity contribution in [3.63, 3.8) is 0 Å². The first-order chi connectivity index (χ1) is 18.5. The molecule has 0 spiro atoms. The van der Waals surface area contributed by atoms with Crippen LogP contribution in [0.15, 0.2) is 62.1 Å². The van der Waals surface area contributed by atoms with Crippen LogP contribution in [0.3, 0.4) is 0 Å². The summed E-state index contributed by atoms with van der Waals surface area (Å²) in [5.74, 6) is 1.40. The van der Waals surface area contributed by atoms with Gasteiger partial charge in [-0.1, -0.05) is 19.4 Å². The minimum absolute atomic E-state index is 0.528. The smallest absolute Gasteiger partial charge is 0.180 e. The van der Waals surface area contributed by atoms with E-state index in [1.165, 1.54) is 25.7 Å². The zero-order valence-electron chi connectivity index (χ0n) is 21.5. The van der Waals surface area contributed by atoms with E-state index in [4.69, 9.17) is 10.7 Å². The number of fused-ring (bicyclic) bond motifs is 1. The van der Waals surface area contributed by atoms with Gasteiger partial charge in [0.2, 0.25) is 0 Å². The fourth-order valence-electron chi connectivity index (χ4n) is 5.18. The summed E-state index contributed by atoms with van der Waals surface area (Å²) in [5, 5.41) is 3.59. The number of nitrogens with two attached hydrogens (primary N) is 1. The van der Waals surface area contributed by atoms with Crippen LogP contribution in [0.1, 0.15) is 48.3 Å². The molecule has 0 amide bonds. The number of aromatic amines is 1. The fourth-order valence-corrected chi connectivity index (χ4v) is 5.18. The SMILES string of the molecule is C=C(c1nc2nccc(-n3cnc(C)c3)c2[nH]1)c1cc(-c2cncc(CNCC3CCCC3)c2)ncc1N. The van der Waals surface area contributed by atoms with E-state index in [9.17, 15) is 0 Å². The number of nitrogens with zero attached hydrogens (tertiary/aromatic N) is 6. The van der Waals surface area contributed by atoms with Crippen LogP contribution in [0, 0.1) is 12.8 Å². The van der Waals surface area contributed by atoms with Gasteiger partial charge in [-0.05, 0) is 56.0 Å². The monoisotopic (exact) mass is 505 g/mol. The van der Waals surface area contributed by atoms with Gasteiger partial charge in [-0.25, -0.2) is 15.0 Å². The predicted molar refractivity (Wildman–Crippen MR) is 149 cm³/mol. The van der Waals surface area contributed by atoms with Crippen molar-refractivity contribution < 1.29 is 0 Å². The standard InChI is InChI=1S/C29H31N9/c1-18-16-38(17-35-18)26-7-8-33-29-27(26)36-28(37-29)19(2)23-10-25(34-15-24(23)30)22-9-21(13-32-14-22)12-31-11-20-5-3-4-6-20/h7-10,13-17,20,31H,2-6,11-12,30H2,1H3,(H,33,36,37). The maximum Gasteiger partial charge on any atom is 0.180 e. The van der Waals surface area contributed by atoms with E-state index in [-0.39, 0.29) is 0 Å². The molecule has 5 aromatic heterocycles. The molecule has 0 saturated heterocycles. The Labute approximate surface area is 221 Å². The summed E-state index contributed by atoms with van der Waals surface area (Å²) in [4.78, 5) is 25.9. The van der Waals surface area contributed by atoms with E-state index in [0.717, 1.165) is 58.3 Å². The van der Waals surface area contributed by atoms with Crippen molar-refractivity contribution in [2.45, 2.75) is 39.2 Å². The van der Waals surface area contributed by atoms with Crippen molar-refractivity contribution in [1.29, 1.82) is 0 Å². The molecule has 1 fully saturated rings. The van der Waals surface area contributed by atoms with Gasteiger partial charge in [0.25, 0.3) is 0 Å². The molecule has 1 aliphatic rings. The largest absolute Gasteiger partial charge is 0.397 e. The van der Waals surface area contributed by atoms with Gasteiger partial charge in [-0.15, -0.1) is 0 Å². The minimum atomic E-state index is 0.528. The Balaban J connectivity index is 1.26. The number of nitrogens with one attached hydrogen (secondary N) is 2. The molecule has 9 nitrogen and oxygen atoms in total. The molecule has 192 valence electrons. The molecule has 0 unspecified atom stereocenters. The second-order valence-corrected chi connectivity index (χ2v) is 10.0. The fraction of sp³-hybridized carbons (Fsp3) is 0.276. The summed E-state index contributed by atoms with van der Waals surface area (Å²) in [5.41, 5.74) is 14.4. The lowest BCUT2D eigenvalue weighted by Crippen LogP contribution is -2.20. The lowest BCUT2D eigenvalue weighted by atomic mass is 10.0. The number of pyridine rings is 3. The quantitative estimate of drug-likeness (QED) is 0.276. The van der Waals surface area contributed by atoms with Crippen LogP contribution in [-0.4, -0.2) is 41.0 Å². The van der Waals surface area contributed by atoms with Crippen LogP contribution in [0.5, 0.6) is 0 Å². The number of rotatable bonds is 8. The molecule has 4 N–H and O–H groups in total. The van der Waals surface area contributed by atoms with Crippen molar-refractivity contribution in [1.82, 2.24) is 39.8 Å². The summed E-state index contributed by atoms with van der Waals surface area (Å²) in [7, 11) is 0. The highest BCUT2D eigenvalue weighted by Crippen LogP contribution is 2.30. The Bertz CT molecular complexity index is 1610. The summed E-state index contributed by atoms with van der Waals surface area (Å²) < 4.78 is 1.95. The maximum atomic E-state index is 6.36. The Morgan fingerprint density at radius 2 is 2.03 bits per heavy atom. The van der Waals surface area contributed by atoms with Crippen molar-refractivity contribution in [3.8, 4) is 16.9 Å². The topological polar surface area (TPSA) is 123 Å².